The number of rotatable bonds is 1. The van der Waals surface area contributed by atoms with Crippen LogP contribution in [-0.4, -0.2) is 19.2 Å². The van der Waals surface area contributed by atoms with Crippen LogP contribution < -0.4 is 9.47 Å². The van der Waals surface area contributed by atoms with Gasteiger partial charge in [-0.05, 0) is 18.2 Å². The number of fused-ring (bicyclic) bond motifs is 2. The summed E-state index contributed by atoms with van der Waals surface area (Å²) < 4.78 is 16.5. The van der Waals surface area contributed by atoms with E-state index < -0.39 is 0 Å². The second-order valence-corrected chi connectivity index (χ2v) is 4.78. The van der Waals surface area contributed by atoms with Crippen LogP contribution in [0.4, 0.5) is 0 Å². The molecule has 2 aromatic rings. The van der Waals surface area contributed by atoms with E-state index >= 15 is 0 Å². The Labute approximate surface area is 115 Å². The number of benzene rings is 2. The van der Waals surface area contributed by atoms with Gasteiger partial charge in [-0.1, -0.05) is 24.3 Å². The SMILES string of the molecule is O=C1OC(c2ccc3c(c2)OCCO3)c2ccccc21. The number of esters is 1. The lowest BCUT2D eigenvalue weighted by Gasteiger charge is -2.20. The molecule has 2 aliphatic heterocycles. The first-order valence-electron chi connectivity index (χ1n) is 6.52. The number of carbonyl (C=O) groups is 1. The number of cyclic esters (lactones) is 1. The van der Waals surface area contributed by atoms with Crippen LogP contribution >= 0.6 is 0 Å². The Hall–Kier alpha value is -2.49. The molecule has 20 heavy (non-hydrogen) atoms. The summed E-state index contributed by atoms with van der Waals surface area (Å²) in [5.41, 5.74) is 2.43. The van der Waals surface area contributed by atoms with Crippen molar-refractivity contribution in [3.05, 3.63) is 59.2 Å². The normalized spacial score (nSPS) is 19.4. The first-order valence-corrected chi connectivity index (χ1v) is 6.52. The van der Waals surface area contributed by atoms with Crippen molar-refractivity contribution in [3.63, 3.8) is 0 Å². The maximum Gasteiger partial charge on any atom is 0.339 e. The van der Waals surface area contributed by atoms with Gasteiger partial charge in [0.15, 0.2) is 17.6 Å². The predicted molar refractivity (Wildman–Crippen MR) is 71.1 cm³/mol. The number of hydrogen-bond acceptors (Lipinski definition) is 4. The third-order valence-electron chi connectivity index (χ3n) is 3.56. The van der Waals surface area contributed by atoms with Crippen molar-refractivity contribution >= 4 is 5.97 Å². The Bertz CT molecular complexity index is 693. The van der Waals surface area contributed by atoms with Gasteiger partial charge in [-0.15, -0.1) is 0 Å². The predicted octanol–water partition coefficient (Wildman–Crippen LogP) is 2.72. The van der Waals surface area contributed by atoms with Crippen LogP contribution in [0.2, 0.25) is 0 Å². The second-order valence-electron chi connectivity index (χ2n) is 4.78. The Morgan fingerprint density at radius 3 is 2.65 bits per heavy atom. The average Bonchev–Trinajstić information content (AvgIpc) is 2.85. The van der Waals surface area contributed by atoms with Crippen molar-refractivity contribution < 1.29 is 19.0 Å². The fourth-order valence-corrected chi connectivity index (χ4v) is 2.62. The summed E-state index contributed by atoms with van der Waals surface area (Å²) in [6.45, 7) is 1.10. The summed E-state index contributed by atoms with van der Waals surface area (Å²) in [4.78, 5) is 11.9. The van der Waals surface area contributed by atoms with E-state index in [-0.39, 0.29) is 12.1 Å². The molecule has 100 valence electrons. The van der Waals surface area contributed by atoms with Gasteiger partial charge in [0.25, 0.3) is 0 Å². The van der Waals surface area contributed by atoms with E-state index in [1.54, 1.807) is 6.07 Å². The zero-order valence-corrected chi connectivity index (χ0v) is 10.7. The molecule has 0 saturated carbocycles. The molecule has 4 heteroatoms. The van der Waals surface area contributed by atoms with Crippen LogP contribution in [0.5, 0.6) is 11.5 Å². The minimum atomic E-state index is -0.366. The molecule has 0 spiro atoms. The summed E-state index contributed by atoms with van der Waals surface area (Å²) in [5, 5.41) is 0. The first-order chi connectivity index (χ1) is 9.83. The third-order valence-corrected chi connectivity index (χ3v) is 3.56. The minimum absolute atomic E-state index is 0.277. The summed E-state index contributed by atoms with van der Waals surface area (Å²) in [6, 6.07) is 13.1. The molecule has 0 fully saturated rings. The maximum atomic E-state index is 11.9. The van der Waals surface area contributed by atoms with E-state index in [9.17, 15) is 4.79 Å². The molecule has 0 amide bonds. The molecule has 2 aromatic carbocycles. The number of hydrogen-bond donors (Lipinski definition) is 0. The van der Waals surface area contributed by atoms with E-state index in [1.807, 2.05) is 36.4 Å². The van der Waals surface area contributed by atoms with Gasteiger partial charge in [-0.3, -0.25) is 0 Å². The van der Waals surface area contributed by atoms with Gasteiger partial charge in [-0.2, -0.15) is 0 Å². The zero-order chi connectivity index (χ0) is 13.5. The lowest BCUT2D eigenvalue weighted by molar-refractivity contribution is 0.0455. The van der Waals surface area contributed by atoms with Gasteiger partial charge in [0.05, 0.1) is 5.56 Å². The van der Waals surface area contributed by atoms with Crippen molar-refractivity contribution in [3.8, 4) is 11.5 Å². The number of carbonyl (C=O) groups excluding carboxylic acids is 1. The average molecular weight is 268 g/mol. The first kappa shape index (κ1) is 11.3. The molecule has 0 radical (unpaired) electrons. The Balaban J connectivity index is 1.77. The largest absolute Gasteiger partial charge is 0.486 e. The van der Waals surface area contributed by atoms with Gasteiger partial charge >= 0.3 is 5.97 Å². The molecular weight excluding hydrogens is 256 g/mol. The summed E-state index contributed by atoms with van der Waals surface area (Å²) in [6.07, 6.45) is -0.366. The fourth-order valence-electron chi connectivity index (χ4n) is 2.62. The Kier molecular flexibility index (Phi) is 2.42. The van der Waals surface area contributed by atoms with Crippen LogP contribution in [-0.2, 0) is 4.74 Å². The van der Waals surface area contributed by atoms with Crippen molar-refractivity contribution in [1.29, 1.82) is 0 Å². The topological polar surface area (TPSA) is 44.8 Å². The summed E-state index contributed by atoms with van der Waals surface area (Å²) in [7, 11) is 0. The number of ether oxygens (including phenoxy) is 3. The molecule has 4 rings (SSSR count). The second kappa shape index (κ2) is 4.27. The fraction of sp³-hybridized carbons (Fsp3) is 0.188. The highest BCUT2D eigenvalue weighted by Gasteiger charge is 2.32. The van der Waals surface area contributed by atoms with Crippen molar-refractivity contribution in [1.82, 2.24) is 0 Å². The molecule has 2 aliphatic rings. The quantitative estimate of drug-likeness (QED) is 0.746. The van der Waals surface area contributed by atoms with Gasteiger partial charge < -0.3 is 14.2 Å². The van der Waals surface area contributed by atoms with E-state index in [0.29, 0.717) is 24.5 Å². The lowest BCUT2D eigenvalue weighted by atomic mass is 9.99. The monoisotopic (exact) mass is 268 g/mol. The van der Waals surface area contributed by atoms with E-state index in [1.165, 1.54) is 0 Å². The van der Waals surface area contributed by atoms with Crippen LogP contribution in [0.1, 0.15) is 27.6 Å². The molecule has 0 N–H and O–H groups in total. The molecule has 2 heterocycles. The van der Waals surface area contributed by atoms with Crippen molar-refractivity contribution in [2.45, 2.75) is 6.10 Å². The van der Waals surface area contributed by atoms with Gasteiger partial charge in [0.2, 0.25) is 0 Å². The Morgan fingerprint density at radius 1 is 0.950 bits per heavy atom. The minimum Gasteiger partial charge on any atom is -0.486 e. The van der Waals surface area contributed by atoms with E-state index in [0.717, 1.165) is 16.9 Å². The lowest BCUT2D eigenvalue weighted by Crippen LogP contribution is -2.15. The Morgan fingerprint density at radius 2 is 1.75 bits per heavy atom. The van der Waals surface area contributed by atoms with Crippen molar-refractivity contribution in [2.75, 3.05) is 13.2 Å². The standard InChI is InChI=1S/C16H12O4/c17-16-12-4-2-1-3-11(12)15(20-16)10-5-6-13-14(9-10)19-8-7-18-13/h1-6,9,15H,7-8H2. The van der Waals surface area contributed by atoms with Crippen LogP contribution in [0, 0.1) is 0 Å². The highest BCUT2D eigenvalue weighted by molar-refractivity contribution is 5.94. The molecule has 0 aromatic heterocycles. The molecule has 0 bridgehead atoms. The van der Waals surface area contributed by atoms with Crippen LogP contribution in [0.3, 0.4) is 0 Å². The molecule has 4 nitrogen and oxygen atoms in total. The van der Waals surface area contributed by atoms with Gasteiger partial charge in [0.1, 0.15) is 13.2 Å². The van der Waals surface area contributed by atoms with Crippen LogP contribution in [0.25, 0.3) is 0 Å². The van der Waals surface area contributed by atoms with Gasteiger partial charge in [-0.25, -0.2) is 4.79 Å². The molecule has 1 atom stereocenters. The highest BCUT2D eigenvalue weighted by Crippen LogP contribution is 2.39. The molecule has 1 unspecified atom stereocenters. The molecule has 0 aliphatic carbocycles. The third kappa shape index (κ3) is 1.65. The van der Waals surface area contributed by atoms with E-state index in [2.05, 4.69) is 0 Å². The van der Waals surface area contributed by atoms with E-state index in [4.69, 9.17) is 14.2 Å². The highest BCUT2D eigenvalue weighted by atomic mass is 16.6. The summed E-state index contributed by atoms with van der Waals surface area (Å²) >= 11 is 0. The maximum absolute atomic E-state index is 11.9. The van der Waals surface area contributed by atoms with Crippen molar-refractivity contribution in [2.24, 2.45) is 0 Å². The van der Waals surface area contributed by atoms with Gasteiger partial charge in [0, 0.05) is 11.1 Å². The van der Waals surface area contributed by atoms with Crippen LogP contribution in [0.15, 0.2) is 42.5 Å². The molecular formula is C16H12O4. The zero-order valence-electron chi connectivity index (χ0n) is 10.7. The molecule has 0 saturated heterocycles. The smallest absolute Gasteiger partial charge is 0.339 e. The summed E-state index contributed by atoms with van der Waals surface area (Å²) in [5.74, 6) is 1.16.